The lowest BCUT2D eigenvalue weighted by Gasteiger charge is -2.14. The van der Waals surface area contributed by atoms with E-state index in [4.69, 9.17) is 11.0 Å². The van der Waals surface area contributed by atoms with Crippen molar-refractivity contribution in [3.05, 3.63) is 0 Å². The summed E-state index contributed by atoms with van der Waals surface area (Å²) in [6.45, 7) is 3.44. The van der Waals surface area contributed by atoms with Gasteiger partial charge in [0.2, 0.25) is 11.8 Å². The molecule has 14 heavy (non-hydrogen) atoms. The molecule has 0 saturated carbocycles. The van der Waals surface area contributed by atoms with E-state index in [0.717, 1.165) is 0 Å². The summed E-state index contributed by atoms with van der Waals surface area (Å²) in [6.07, 6.45) is 0.746. The van der Waals surface area contributed by atoms with Crippen molar-refractivity contribution < 1.29 is 9.59 Å². The fourth-order valence-electron chi connectivity index (χ4n) is 0.736. The number of carbonyl (C=O) groups is 2. The standard InChI is InChI=1S/C9H15N3O2/c1-9(2,6-10)8(14)12-5-3-4-7(11)13/h3-5H2,1-2H3,(H2,11,13)(H,12,14). The third-order valence-corrected chi connectivity index (χ3v) is 1.73. The number of rotatable bonds is 5. The highest BCUT2D eigenvalue weighted by Crippen LogP contribution is 2.12. The summed E-state index contributed by atoms with van der Waals surface area (Å²) in [5.74, 6) is -0.719. The Balaban J connectivity index is 3.77. The molecular weight excluding hydrogens is 182 g/mol. The molecule has 0 radical (unpaired) electrons. The van der Waals surface area contributed by atoms with Crippen LogP contribution in [0.1, 0.15) is 26.7 Å². The summed E-state index contributed by atoms with van der Waals surface area (Å²) in [5.41, 5.74) is 3.90. The van der Waals surface area contributed by atoms with Crippen molar-refractivity contribution in [2.24, 2.45) is 11.1 Å². The average molecular weight is 197 g/mol. The quantitative estimate of drug-likeness (QED) is 0.603. The Morgan fingerprint density at radius 3 is 2.50 bits per heavy atom. The number of nitrogens with one attached hydrogen (secondary N) is 1. The second-order valence-corrected chi connectivity index (χ2v) is 3.56. The highest BCUT2D eigenvalue weighted by molar-refractivity contribution is 5.84. The van der Waals surface area contributed by atoms with E-state index in [1.165, 1.54) is 13.8 Å². The minimum atomic E-state index is -1.02. The van der Waals surface area contributed by atoms with Crippen LogP contribution >= 0.6 is 0 Å². The Morgan fingerprint density at radius 2 is 2.07 bits per heavy atom. The number of nitrogens with two attached hydrogens (primary N) is 1. The molecule has 5 nitrogen and oxygen atoms in total. The number of amides is 2. The molecular formula is C9H15N3O2. The number of hydrogen-bond acceptors (Lipinski definition) is 3. The van der Waals surface area contributed by atoms with Crippen LogP contribution in [0.4, 0.5) is 0 Å². The fraction of sp³-hybridized carbons (Fsp3) is 0.667. The Labute approximate surface area is 83.3 Å². The maximum Gasteiger partial charge on any atom is 0.239 e. The van der Waals surface area contributed by atoms with E-state index >= 15 is 0 Å². The zero-order chi connectivity index (χ0) is 11.2. The number of hydrogen-bond donors (Lipinski definition) is 2. The minimum absolute atomic E-state index is 0.243. The van der Waals surface area contributed by atoms with Crippen molar-refractivity contribution in [1.82, 2.24) is 5.32 Å². The van der Waals surface area contributed by atoms with E-state index in [1.807, 2.05) is 6.07 Å². The predicted molar refractivity (Wildman–Crippen MR) is 50.8 cm³/mol. The molecule has 0 heterocycles. The molecule has 0 rings (SSSR count). The third-order valence-electron chi connectivity index (χ3n) is 1.73. The van der Waals surface area contributed by atoms with Crippen LogP contribution in [0.3, 0.4) is 0 Å². The van der Waals surface area contributed by atoms with Crippen LogP contribution in [0.5, 0.6) is 0 Å². The third kappa shape index (κ3) is 4.45. The maximum atomic E-state index is 11.3. The van der Waals surface area contributed by atoms with Crippen LogP contribution in [-0.2, 0) is 9.59 Å². The second-order valence-electron chi connectivity index (χ2n) is 3.56. The lowest BCUT2D eigenvalue weighted by molar-refractivity contribution is -0.127. The molecule has 5 heteroatoms. The summed E-state index contributed by atoms with van der Waals surface area (Å²) in [4.78, 5) is 21.6. The van der Waals surface area contributed by atoms with E-state index in [0.29, 0.717) is 13.0 Å². The first kappa shape index (κ1) is 12.4. The van der Waals surface area contributed by atoms with Crippen molar-refractivity contribution in [1.29, 1.82) is 5.26 Å². The van der Waals surface area contributed by atoms with Gasteiger partial charge in [0.25, 0.3) is 0 Å². The smallest absolute Gasteiger partial charge is 0.239 e. The molecule has 0 aromatic carbocycles. The van der Waals surface area contributed by atoms with Gasteiger partial charge in [-0.3, -0.25) is 9.59 Å². The van der Waals surface area contributed by atoms with Crippen LogP contribution in [0.25, 0.3) is 0 Å². The number of primary amides is 1. The van der Waals surface area contributed by atoms with Gasteiger partial charge in [0.15, 0.2) is 0 Å². The highest BCUT2D eigenvalue weighted by atomic mass is 16.2. The van der Waals surface area contributed by atoms with Gasteiger partial charge in [0.05, 0.1) is 6.07 Å². The van der Waals surface area contributed by atoms with Crippen molar-refractivity contribution in [3.8, 4) is 6.07 Å². The van der Waals surface area contributed by atoms with Gasteiger partial charge < -0.3 is 11.1 Å². The average Bonchev–Trinajstić information content (AvgIpc) is 2.11. The SMILES string of the molecule is CC(C)(C#N)C(=O)NCCCC(N)=O. The van der Waals surface area contributed by atoms with Gasteiger partial charge in [-0.1, -0.05) is 0 Å². The molecule has 0 aliphatic carbocycles. The lowest BCUT2D eigenvalue weighted by atomic mass is 9.95. The molecule has 3 N–H and O–H groups in total. The van der Waals surface area contributed by atoms with E-state index < -0.39 is 11.3 Å². The summed E-state index contributed by atoms with van der Waals surface area (Å²) < 4.78 is 0. The van der Waals surface area contributed by atoms with E-state index in [-0.39, 0.29) is 12.3 Å². The van der Waals surface area contributed by atoms with Gasteiger partial charge in [-0.15, -0.1) is 0 Å². The van der Waals surface area contributed by atoms with E-state index in [9.17, 15) is 9.59 Å². The molecule has 0 bridgehead atoms. The summed E-state index contributed by atoms with van der Waals surface area (Å²) in [6, 6.07) is 1.89. The predicted octanol–water partition coefficient (Wildman–Crippen LogP) is -0.0821. The second kappa shape index (κ2) is 5.22. The normalized spacial score (nSPS) is 10.4. The Bertz CT molecular complexity index is 266. The van der Waals surface area contributed by atoms with Crippen molar-refractivity contribution >= 4 is 11.8 Å². The van der Waals surface area contributed by atoms with Crippen molar-refractivity contribution in [2.75, 3.05) is 6.54 Å². The molecule has 0 atom stereocenters. The van der Waals surface area contributed by atoms with Crippen molar-refractivity contribution in [2.45, 2.75) is 26.7 Å². The van der Waals surface area contributed by atoms with Gasteiger partial charge in [-0.25, -0.2) is 0 Å². The zero-order valence-electron chi connectivity index (χ0n) is 8.46. The summed E-state index contributed by atoms with van der Waals surface area (Å²) >= 11 is 0. The number of carbonyl (C=O) groups excluding carboxylic acids is 2. The van der Waals surface area contributed by atoms with Gasteiger partial charge >= 0.3 is 0 Å². The fourth-order valence-corrected chi connectivity index (χ4v) is 0.736. The number of nitrogens with zero attached hydrogens (tertiary/aromatic N) is 1. The molecule has 0 saturated heterocycles. The first-order valence-corrected chi connectivity index (χ1v) is 4.38. The molecule has 0 aliphatic heterocycles. The summed E-state index contributed by atoms with van der Waals surface area (Å²) in [5, 5.41) is 11.2. The molecule has 0 spiro atoms. The minimum Gasteiger partial charge on any atom is -0.370 e. The van der Waals surface area contributed by atoms with Crippen molar-refractivity contribution in [3.63, 3.8) is 0 Å². The van der Waals surface area contributed by atoms with Gasteiger partial charge in [-0.2, -0.15) is 5.26 Å². The molecule has 0 aliphatic rings. The first-order valence-electron chi connectivity index (χ1n) is 4.38. The lowest BCUT2D eigenvalue weighted by Crippen LogP contribution is -2.36. The Hall–Kier alpha value is -1.57. The van der Waals surface area contributed by atoms with Crippen LogP contribution < -0.4 is 11.1 Å². The molecule has 78 valence electrons. The van der Waals surface area contributed by atoms with Crippen LogP contribution in [-0.4, -0.2) is 18.4 Å². The first-order chi connectivity index (χ1) is 6.40. The van der Waals surface area contributed by atoms with Crippen LogP contribution in [0.15, 0.2) is 0 Å². The van der Waals surface area contributed by atoms with E-state index in [2.05, 4.69) is 5.32 Å². The molecule has 0 unspecified atom stereocenters. The molecule has 2 amide bonds. The Kier molecular flexibility index (Phi) is 4.64. The zero-order valence-corrected chi connectivity index (χ0v) is 8.46. The van der Waals surface area contributed by atoms with Crippen LogP contribution in [0.2, 0.25) is 0 Å². The molecule has 0 aromatic heterocycles. The molecule has 0 fully saturated rings. The molecule has 0 aromatic rings. The van der Waals surface area contributed by atoms with Gasteiger partial charge in [-0.05, 0) is 20.3 Å². The monoisotopic (exact) mass is 197 g/mol. The Morgan fingerprint density at radius 1 is 1.50 bits per heavy atom. The van der Waals surface area contributed by atoms with Gasteiger partial charge in [0.1, 0.15) is 5.41 Å². The van der Waals surface area contributed by atoms with Gasteiger partial charge in [0, 0.05) is 13.0 Å². The summed E-state index contributed by atoms with van der Waals surface area (Å²) in [7, 11) is 0. The van der Waals surface area contributed by atoms with Crippen LogP contribution in [0, 0.1) is 16.7 Å². The largest absolute Gasteiger partial charge is 0.370 e. The van der Waals surface area contributed by atoms with E-state index in [1.54, 1.807) is 0 Å². The number of nitriles is 1. The highest BCUT2D eigenvalue weighted by Gasteiger charge is 2.26. The maximum absolute atomic E-state index is 11.3. The topological polar surface area (TPSA) is 96.0 Å².